The smallest absolute Gasteiger partial charge is 0.272 e. The van der Waals surface area contributed by atoms with Gasteiger partial charge in [0.2, 0.25) is 0 Å². The van der Waals surface area contributed by atoms with Gasteiger partial charge < -0.3 is 5.73 Å². The number of nitrogens with one attached hydrogen (secondary N) is 1. The molecule has 1 aromatic heterocycles. The van der Waals surface area contributed by atoms with Gasteiger partial charge >= 0.3 is 0 Å². The summed E-state index contributed by atoms with van der Waals surface area (Å²) in [5, 5.41) is 1.72. The average Bonchev–Trinajstić information content (AvgIpc) is 2.76. The van der Waals surface area contributed by atoms with Crippen LogP contribution in [0, 0.1) is 0 Å². The molecule has 3 N–H and O–H groups in total. The summed E-state index contributed by atoms with van der Waals surface area (Å²) in [6.07, 6.45) is 0. The highest BCUT2D eigenvalue weighted by molar-refractivity contribution is 9.10. The van der Waals surface area contributed by atoms with Crippen LogP contribution >= 0.6 is 27.3 Å². The summed E-state index contributed by atoms with van der Waals surface area (Å²) in [4.78, 5) is 0. The van der Waals surface area contributed by atoms with Gasteiger partial charge in [-0.25, -0.2) is 8.42 Å². The number of halogens is 1. The van der Waals surface area contributed by atoms with E-state index in [0.717, 1.165) is 16.9 Å². The molecule has 0 bridgehead atoms. The summed E-state index contributed by atoms with van der Waals surface area (Å²) in [5.74, 6) is 0. The number of hydrogen-bond donors (Lipinski definition) is 2. The Morgan fingerprint density at radius 1 is 1.33 bits per heavy atom. The second kappa shape index (κ2) is 5.40. The van der Waals surface area contributed by atoms with Crippen LogP contribution in [0.2, 0.25) is 0 Å². The fourth-order valence-corrected chi connectivity index (χ4v) is 4.82. The first-order valence-electron chi connectivity index (χ1n) is 5.08. The van der Waals surface area contributed by atoms with Crippen molar-refractivity contribution in [3.05, 3.63) is 45.7 Å². The molecule has 1 aromatic carbocycles. The van der Waals surface area contributed by atoms with Crippen molar-refractivity contribution in [1.29, 1.82) is 0 Å². The highest BCUT2D eigenvalue weighted by Gasteiger charge is 2.19. The summed E-state index contributed by atoms with van der Waals surface area (Å²) in [7, 11) is -3.54. The molecule has 0 atom stereocenters. The van der Waals surface area contributed by atoms with Gasteiger partial charge in [0.15, 0.2) is 4.21 Å². The largest absolute Gasteiger partial charge is 0.326 e. The van der Waals surface area contributed by atoms with Crippen LogP contribution in [0.5, 0.6) is 0 Å². The van der Waals surface area contributed by atoms with Gasteiger partial charge in [-0.05, 0) is 45.1 Å². The minimum Gasteiger partial charge on any atom is -0.326 e. The summed E-state index contributed by atoms with van der Waals surface area (Å²) in [6, 6.07) is 8.73. The lowest BCUT2D eigenvalue weighted by atomic mass is 10.2. The van der Waals surface area contributed by atoms with E-state index in [0.29, 0.717) is 16.7 Å². The van der Waals surface area contributed by atoms with E-state index >= 15 is 0 Å². The predicted octanol–water partition coefficient (Wildman–Crippen LogP) is 2.77. The molecule has 2 rings (SSSR count). The molecule has 2 aromatic rings. The molecule has 0 saturated carbocycles. The second-order valence-corrected chi connectivity index (χ2v) is 7.21. The van der Waals surface area contributed by atoms with Gasteiger partial charge in [0, 0.05) is 16.7 Å². The topological polar surface area (TPSA) is 72.2 Å². The minimum absolute atomic E-state index is 0.264. The van der Waals surface area contributed by atoms with Crippen molar-refractivity contribution in [2.24, 2.45) is 5.73 Å². The third-order valence-corrected chi connectivity index (χ3v) is 6.29. The van der Waals surface area contributed by atoms with Crippen LogP contribution in [0.1, 0.15) is 5.56 Å². The Bertz CT molecular complexity index is 653. The van der Waals surface area contributed by atoms with E-state index in [-0.39, 0.29) is 4.21 Å². The molecule has 4 nitrogen and oxygen atoms in total. The van der Waals surface area contributed by atoms with Gasteiger partial charge in [-0.1, -0.05) is 12.1 Å². The molecule has 0 amide bonds. The van der Waals surface area contributed by atoms with E-state index in [1.54, 1.807) is 29.6 Å². The first-order valence-corrected chi connectivity index (χ1v) is 8.23. The predicted molar refractivity (Wildman–Crippen MR) is 77.2 cm³/mol. The van der Waals surface area contributed by atoms with Crippen molar-refractivity contribution in [3.63, 3.8) is 0 Å². The molecule has 0 fully saturated rings. The first kappa shape index (κ1) is 13.5. The van der Waals surface area contributed by atoms with Gasteiger partial charge in [-0.3, -0.25) is 4.72 Å². The van der Waals surface area contributed by atoms with E-state index < -0.39 is 10.0 Å². The zero-order chi connectivity index (χ0) is 13.2. The molecule has 0 unspecified atom stereocenters. The zero-order valence-corrected chi connectivity index (χ0v) is 12.5. The molecule has 96 valence electrons. The quantitative estimate of drug-likeness (QED) is 0.893. The van der Waals surface area contributed by atoms with Crippen LogP contribution in [0.4, 0.5) is 5.69 Å². The van der Waals surface area contributed by atoms with E-state index in [1.165, 1.54) is 0 Å². The Morgan fingerprint density at radius 2 is 2.11 bits per heavy atom. The SMILES string of the molecule is NCc1cccc(NS(=O)(=O)c2sccc2Br)c1. The summed E-state index contributed by atoms with van der Waals surface area (Å²) in [5.41, 5.74) is 6.91. The van der Waals surface area contributed by atoms with E-state index in [2.05, 4.69) is 20.7 Å². The molecule has 0 saturated heterocycles. The summed E-state index contributed by atoms with van der Waals surface area (Å²) >= 11 is 4.38. The van der Waals surface area contributed by atoms with Crippen LogP contribution < -0.4 is 10.5 Å². The van der Waals surface area contributed by atoms with Gasteiger partial charge in [0.05, 0.1) is 0 Å². The number of rotatable bonds is 4. The Labute approximate surface area is 118 Å². The number of benzene rings is 1. The number of nitrogens with two attached hydrogens (primary N) is 1. The third-order valence-electron chi connectivity index (χ3n) is 2.24. The number of anilines is 1. The lowest BCUT2D eigenvalue weighted by Gasteiger charge is -2.08. The first-order chi connectivity index (χ1) is 8.53. The number of sulfonamides is 1. The highest BCUT2D eigenvalue weighted by atomic mass is 79.9. The van der Waals surface area contributed by atoms with E-state index in [4.69, 9.17) is 5.73 Å². The molecule has 0 spiro atoms. The summed E-state index contributed by atoms with van der Waals surface area (Å²) in [6.45, 7) is 0.373. The van der Waals surface area contributed by atoms with Crippen LogP contribution in [0.25, 0.3) is 0 Å². The lowest BCUT2D eigenvalue weighted by molar-refractivity contribution is 0.603. The Morgan fingerprint density at radius 3 is 2.72 bits per heavy atom. The molecule has 7 heteroatoms. The van der Waals surface area contributed by atoms with Crippen molar-refractivity contribution in [3.8, 4) is 0 Å². The molecular formula is C11H11BrN2O2S2. The standard InChI is InChI=1S/C11H11BrN2O2S2/c12-10-4-5-17-11(10)18(15,16)14-9-3-1-2-8(6-9)7-13/h1-6,14H,7,13H2. The van der Waals surface area contributed by atoms with Gasteiger partial charge in [0.1, 0.15) is 0 Å². The Hall–Kier alpha value is -0.890. The Kier molecular flexibility index (Phi) is 4.06. The maximum Gasteiger partial charge on any atom is 0.272 e. The third kappa shape index (κ3) is 2.92. The Balaban J connectivity index is 2.31. The number of hydrogen-bond acceptors (Lipinski definition) is 4. The molecule has 1 heterocycles. The van der Waals surface area contributed by atoms with Crippen molar-refractivity contribution < 1.29 is 8.42 Å². The molecule has 0 aliphatic carbocycles. The minimum atomic E-state index is -3.54. The van der Waals surface area contributed by atoms with Gasteiger partial charge in [-0.2, -0.15) is 0 Å². The van der Waals surface area contributed by atoms with Crippen LogP contribution in [0.15, 0.2) is 44.4 Å². The molecule has 18 heavy (non-hydrogen) atoms. The van der Waals surface area contributed by atoms with Crippen LogP contribution in [0.3, 0.4) is 0 Å². The van der Waals surface area contributed by atoms with Crippen molar-refractivity contribution in [1.82, 2.24) is 0 Å². The fraction of sp³-hybridized carbons (Fsp3) is 0.0909. The molecule has 0 aliphatic heterocycles. The average molecular weight is 347 g/mol. The monoisotopic (exact) mass is 346 g/mol. The maximum atomic E-state index is 12.1. The van der Waals surface area contributed by atoms with Crippen LogP contribution in [-0.2, 0) is 16.6 Å². The number of thiophene rings is 1. The molecule has 0 aliphatic rings. The maximum absolute atomic E-state index is 12.1. The highest BCUT2D eigenvalue weighted by Crippen LogP contribution is 2.29. The van der Waals surface area contributed by atoms with E-state index in [9.17, 15) is 8.42 Å². The van der Waals surface area contributed by atoms with Gasteiger partial charge in [-0.15, -0.1) is 11.3 Å². The molecule has 0 radical (unpaired) electrons. The van der Waals surface area contributed by atoms with Gasteiger partial charge in [0.25, 0.3) is 10.0 Å². The normalized spacial score (nSPS) is 11.4. The van der Waals surface area contributed by atoms with Crippen molar-refractivity contribution >= 4 is 43.0 Å². The van der Waals surface area contributed by atoms with Crippen molar-refractivity contribution in [2.45, 2.75) is 10.8 Å². The van der Waals surface area contributed by atoms with E-state index in [1.807, 2.05) is 6.07 Å². The lowest BCUT2D eigenvalue weighted by Crippen LogP contribution is -2.12. The van der Waals surface area contributed by atoms with Crippen molar-refractivity contribution in [2.75, 3.05) is 4.72 Å². The summed E-state index contributed by atoms with van der Waals surface area (Å²) < 4.78 is 27.6. The van der Waals surface area contributed by atoms with Crippen LogP contribution in [-0.4, -0.2) is 8.42 Å². The zero-order valence-electron chi connectivity index (χ0n) is 9.26. The fourth-order valence-electron chi connectivity index (χ4n) is 1.43. The second-order valence-electron chi connectivity index (χ2n) is 3.57. The molecular weight excluding hydrogens is 336 g/mol.